The summed E-state index contributed by atoms with van der Waals surface area (Å²) >= 11 is 6.03. The molecule has 0 bridgehead atoms. The molecule has 0 fully saturated rings. The molecule has 0 aliphatic rings. The Hall–Kier alpha value is -0.830. The molecule has 0 saturated heterocycles. The van der Waals surface area contributed by atoms with Gasteiger partial charge in [0.05, 0.1) is 0 Å². The van der Waals surface area contributed by atoms with Gasteiger partial charge in [0.2, 0.25) is 0 Å². The smallest absolute Gasteiger partial charge is 0.0460 e. The molecule has 0 aliphatic heterocycles. The normalized spacial score (nSPS) is 12.4. The summed E-state index contributed by atoms with van der Waals surface area (Å²) in [6.45, 7) is 5.75. The van der Waals surface area contributed by atoms with Crippen molar-refractivity contribution in [3.63, 3.8) is 0 Å². The van der Waals surface area contributed by atoms with Gasteiger partial charge in [-0.15, -0.1) is 6.58 Å². The first-order chi connectivity index (χ1) is 8.69. The summed E-state index contributed by atoms with van der Waals surface area (Å²) < 4.78 is 0. The second-order valence-electron chi connectivity index (χ2n) is 4.65. The standard InChI is InChI=1S/C15H23ClN2/c1-3-4-5-6-7-8-15(18-17)13-9-10-14(16)12(2)11-13/h3,9-11,15,18H,1,4-8,17H2,2H3. The zero-order chi connectivity index (χ0) is 13.4. The lowest BCUT2D eigenvalue weighted by molar-refractivity contribution is 0.484. The number of benzene rings is 1. The Bertz CT molecular complexity index is 377. The summed E-state index contributed by atoms with van der Waals surface area (Å²) in [5.74, 6) is 5.63. The number of hydrogen-bond acceptors (Lipinski definition) is 2. The Morgan fingerprint density at radius 1 is 1.39 bits per heavy atom. The van der Waals surface area contributed by atoms with Crippen molar-refractivity contribution in [2.45, 2.75) is 45.1 Å². The lowest BCUT2D eigenvalue weighted by atomic mass is 9.99. The molecule has 3 N–H and O–H groups in total. The fourth-order valence-corrected chi connectivity index (χ4v) is 2.16. The lowest BCUT2D eigenvalue weighted by Gasteiger charge is -2.17. The van der Waals surface area contributed by atoms with Crippen LogP contribution in [0.5, 0.6) is 0 Å². The largest absolute Gasteiger partial charge is 0.271 e. The minimum atomic E-state index is 0.213. The van der Waals surface area contributed by atoms with Gasteiger partial charge in [0.15, 0.2) is 0 Å². The molecular weight excluding hydrogens is 244 g/mol. The zero-order valence-corrected chi connectivity index (χ0v) is 11.8. The Balaban J connectivity index is 2.49. The molecule has 3 heteroatoms. The summed E-state index contributed by atoms with van der Waals surface area (Å²) in [6, 6.07) is 6.30. The Labute approximate surface area is 115 Å². The van der Waals surface area contributed by atoms with Gasteiger partial charge in [-0.1, -0.05) is 42.7 Å². The van der Waals surface area contributed by atoms with E-state index in [0.29, 0.717) is 0 Å². The third-order valence-electron chi connectivity index (χ3n) is 3.19. The highest BCUT2D eigenvalue weighted by Gasteiger charge is 2.10. The van der Waals surface area contributed by atoms with Crippen molar-refractivity contribution in [1.29, 1.82) is 0 Å². The molecule has 2 nitrogen and oxygen atoms in total. The number of nitrogens with one attached hydrogen (secondary N) is 1. The van der Waals surface area contributed by atoms with Crippen LogP contribution < -0.4 is 11.3 Å². The number of aryl methyl sites for hydroxylation is 1. The fourth-order valence-electron chi connectivity index (χ4n) is 2.04. The minimum Gasteiger partial charge on any atom is -0.271 e. The predicted octanol–water partition coefficient (Wildman–Crippen LogP) is 4.29. The van der Waals surface area contributed by atoms with Crippen molar-refractivity contribution in [3.8, 4) is 0 Å². The lowest BCUT2D eigenvalue weighted by Crippen LogP contribution is -2.28. The summed E-state index contributed by atoms with van der Waals surface area (Å²) in [6.07, 6.45) is 7.72. The van der Waals surface area contributed by atoms with Crippen LogP contribution in [0.15, 0.2) is 30.9 Å². The average molecular weight is 267 g/mol. The van der Waals surface area contributed by atoms with Crippen molar-refractivity contribution < 1.29 is 0 Å². The summed E-state index contributed by atoms with van der Waals surface area (Å²) in [5.41, 5.74) is 5.20. The number of nitrogens with two attached hydrogens (primary N) is 1. The average Bonchev–Trinajstić information content (AvgIpc) is 2.37. The van der Waals surface area contributed by atoms with E-state index in [2.05, 4.69) is 18.1 Å². The minimum absolute atomic E-state index is 0.213. The zero-order valence-electron chi connectivity index (χ0n) is 11.1. The van der Waals surface area contributed by atoms with Gasteiger partial charge in [-0.05, 0) is 43.4 Å². The van der Waals surface area contributed by atoms with Gasteiger partial charge in [-0.2, -0.15) is 0 Å². The van der Waals surface area contributed by atoms with Gasteiger partial charge in [0.1, 0.15) is 0 Å². The van der Waals surface area contributed by atoms with Crippen LogP contribution in [0, 0.1) is 6.92 Å². The third-order valence-corrected chi connectivity index (χ3v) is 3.61. The number of rotatable bonds is 8. The van der Waals surface area contributed by atoms with Crippen LogP contribution >= 0.6 is 11.6 Å². The third kappa shape index (κ3) is 4.81. The molecule has 1 rings (SSSR count). The summed E-state index contributed by atoms with van der Waals surface area (Å²) in [5, 5.41) is 0.806. The van der Waals surface area contributed by atoms with Crippen LogP contribution in [-0.4, -0.2) is 0 Å². The van der Waals surface area contributed by atoms with Crippen molar-refractivity contribution in [2.24, 2.45) is 5.84 Å². The Morgan fingerprint density at radius 2 is 2.17 bits per heavy atom. The van der Waals surface area contributed by atoms with Crippen LogP contribution in [0.4, 0.5) is 0 Å². The predicted molar refractivity (Wildman–Crippen MR) is 79.5 cm³/mol. The molecule has 100 valence electrons. The molecule has 0 radical (unpaired) electrons. The van der Waals surface area contributed by atoms with E-state index in [9.17, 15) is 0 Å². The van der Waals surface area contributed by atoms with Gasteiger partial charge < -0.3 is 0 Å². The molecule has 1 unspecified atom stereocenters. The maximum atomic E-state index is 6.03. The van der Waals surface area contributed by atoms with E-state index in [-0.39, 0.29) is 6.04 Å². The second kappa shape index (κ2) is 8.30. The Morgan fingerprint density at radius 3 is 2.78 bits per heavy atom. The molecule has 0 heterocycles. The SMILES string of the molecule is C=CCCCCCC(NN)c1ccc(Cl)c(C)c1. The van der Waals surface area contributed by atoms with E-state index in [4.69, 9.17) is 17.4 Å². The fraction of sp³-hybridized carbons (Fsp3) is 0.467. The van der Waals surface area contributed by atoms with Gasteiger partial charge in [-0.3, -0.25) is 11.3 Å². The van der Waals surface area contributed by atoms with Crippen molar-refractivity contribution in [3.05, 3.63) is 47.0 Å². The van der Waals surface area contributed by atoms with Crippen LogP contribution in [0.1, 0.15) is 49.3 Å². The van der Waals surface area contributed by atoms with E-state index >= 15 is 0 Å². The first-order valence-corrected chi connectivity index (χ1v) is 6.90. The number of hydrazine groups is 1. The van der Waals surface area contributed by atoms with Crippen LogP contribution in [0.25, 0.3) is 0 Å². The number of hydrogen-bond donors (Lipinski definition) is 2. The van der Waals surface area contributed by atoms with E-state index in [1.54, 1.807) is 0 Å². The first-order valence-electron chi connectivity index (χ1n) is 6.52. The second-order valence-corrected chi connectivity index (χ2v) is 5.06. The number of unbranched alkanes of at least 4 members (excludes halogenated alkanes) is 3. The highest BCUT2D eigenvalue weighted by molar-refractivity contribution is 6.31. The molecule has 0 aliphatic carbocycles. The van der Waals surface area contributed by atoms with E-state index < -0.39 is 0 Å². The van der Waals surface area contributed by atoms with E-state index in [1.165, 1.54) is 24.8 Å². The molecule has 18 heavy (non-hydrogen) atoms. The van der Waals surface area contributed by atoms with E-state index in [0.717, 1.165) is 23.4 Å². The van der Waals surface area contributed by atoms with Crippen molar-refractivity contribution in [1.82, 2.24) is 5.43 Å². The molecular formula is C15H23ClN2. The molecule has 1 atom stereocenters. The Kier molecular flexibility index (Phi) is 7.02. The molecule has 0 amide bonds. The van der Waals surface area contributed by atoms with Crippen LogP contribution in [-0.2, 0) is 0 Å². The summed E-state index contributed by atoms with van der Waals surface area (Å²) in [4.78, 5) is 0. The molecule has 0 saturated carbocycles. The number of halogens is 1. The topological polar surface area (TPSA) is 38.0 Å². The monoisotopic (exact) mass is 266 g/mol. The van der Waals surface area contributed by atoms with Gasteiger partial charge in [0, 0.05) is 11.1 Å². The number of allylic oxidation sites excluding steroid dienone is 1. The van der Waals surface area contributed by atoms with Gasteiger partial charge in [-0.25, -0.2) is 0 Å². The summed E-state index contributed by atoms with van der Waals surface area (Å²) in [7, 11) is 0. The first kappa shape index (κ1) is 15.2. The molecule has 0 spiro atoms. The highest BCUT2D eigenvalue weighted by Crippen LogP contribution is 2.24. The van der Waals surface area contributed by atoms with E-state index in [1.807, 2.05) is 25.1 Å². The van der Waals surface area contributed by atoms with Gasteiger partial charge in [0.25, 0.3) is 0 Å². The van der Waals surface area contributed by atoms with Gasteiger partial charge >= 0.3 is 0 Å². The van der Waals surface area contributed by atoms with Crippen LogP contribution in [0.3, 0.4) is 0 Å². The molecule has 1 aromatic rings. The van der Waals surface area contributed by atoms with Crippen molar-refractivity contribution >= 4 is 11.6 Å². The molecule has 1 aromatic carbocycles. The quantitative estimate of drug-likeness (QED) is 0.319. The molecule has 0 aromatic heterocycles. The van der Waals surface area contributed by atoms with Crippen molar-refractivity contribution in [2.75, 3.05) is 0 Å². The maximum absolute atomic E-state index is 6.03. The van der Waals surface area contributed by atoms with Crippen LogP contribution in [0.2, 0.25) is 5.02 Å². The highest BCUT2D eigenvalue weighted by atomic mass is 35.5. The maximum Gasteiger partial charge on any atom is 0.0460 e.